The molecule has 3 atom stereocenters. The van der Waals surface area contributed by atoms with Crippen LogP contribution in [-0.2, 0) is 9.59 Å². The highest BCUT2D eigenvalue weighted by Crippen LogP contribution is 2.34. The molecular weight excluding hydrogens is 423 g/mol. The summed E-state index contributed by atoms with van der Waals surface area (Å²) in [5, 5.41) is 3.35. The maximum Gasteiger partial charge on any atom is 0.230 e. The number of halogens is 3. The van der Waals surface area contributed by atoms with Crippen molar-refractivity contribution < 1.29 is 9.59 Å². The fraction of sp³-hybridized carbons (Fsp3) is 0.632. The molecule has 1 aromatic heterocycles. The highest BCUT2D eigenvalue weighted by molar-refractivity contribution is 6.30. The van der Waals surface area contributed by atoms with Crippen molar-refractivity contribution in [2.75, 3.05) is 18.4 Å². The molecule has 1 saturated heterocycles. The minimum Gasteiger partial charge on any atom is -0.342 e. The molecule has 9 heteroatoms. The molecule has 0 aromatic carbocycles. The SMILES string of the molecule is CC1(N)CCCCC1C(=O)N1CCCC(C(=O)Nc2ccc(Cl)cn2)C1.Cl.Cl. The summed E-state index contributed by atoms with van der Waals surface area (Å²) in [7, 11) is 0. The lowest BCUT2D eigenvalue weighted by Gasteiger charge is -2.42. The molecule has 158 valence electrons. The van der Waals surface area contributed by atoms with Crippen LogP contribution in [0.2, 0.25) is 5.02 Å². The number of hydrogen-bond acceptors (Lipinski definition) is 4. The monoisotopic (exact) mass is 450 g/mol. The average Bonchev–Trinajstić information content (AvgIpc) is 2.63. The Bertz CT molecular complexity index is 670. The topological polar surface area (TPSA) is 88.3 Å². The van der Waals surface area contributed by atoms with E-state index in [1.807, 2.05) is 11.8 Å². The van der Waals surface area contributed by atoms with E-state index in [0.717, 1.165) is 38.5 Å². The Hall–Kier alpha value is -1.08. The van der Waals surface area contributed by atoms with Gasteiger partial charge in [0.05, 0.1) is 16.9 Å². The number of pyridine rings is 1. The summed E-state index contributed by atoms with van der Waals surface area (Å²) < 4.78 is 0. The molecule has 1 aliphatic heterocycles. The van der Waals surface area contributed by atoms with Crippen molar-refractivity contribution in [2.24, 2.45) is 17.6 Å². The van der Waals surface area contributed by atoms with Crippen LogP contribution in [0.4, 0.5) is 5.82 Å². The summed E-state index contributed by atoms with van der Waals surface area (Å²) in [5.74, 6) is 0.117. The lowest BCUT2D eigenvalue weighted by molar-refractivity contribution is -0.141. The Balaban J connectivity index is 0.00000196. The second kappa shape index (κ2) is 10.6. The maximum absolute atomic E-state index is 13.0. The molecule has 3 rings (SSSR count). The lowest BCUT2D eigenvalue weighted by Crippen LogP contribution is -2.55. The summed E-state index contributed by atoms with van der Waals surface area (Å²) in [5.41, 5.74) is 5.95. The van der Waals surface area contributed by atoms with Crippen molar-refractivity contribution in [1.29, 1.82) is 0 Å². The summed E-state index contributed by atoms with van der Waals surface area (Å²) in [6, 6.07) is 3.36. The molecule has 3 unspecified atom stereocenters. The first-order chi connectivity index (χ1) is 12.4. The number of nitrogens with two attached hydrogens (primary N) is 1. The Morgan fingerprint density at radius 1 is 1.25 bits per heavy atom. The van der Waals surface area contributed by atoms with Crippen molar-refractivity contribution >= 4 is 54.0 Å². The first-order valence-corrected chi connectivity index (χ1v) is 9.75. The van der Waals surface area contributed by atoms with Gasteiger partial charge in [-0.15, -0.1) is 24.8 Å². The van der Waals surface area contributed by atoms with E-state index >= 15 is 0 Å². The van der Waals surface area contributed by atoms with Gasteiger partial charge in [-0.3, -0.25) is 9.59 Å². The van der Waals surface area contributed by atoms with E-state index in [-0.39, 0.29) is 48.5 Å². The van der Waals surface area contributed by atoms with E-state index in [0.29, 0.717) is 23.9 Å². The lowest BCUT2D eigenvalue weighted by atomic mass is 9.73. The highest BCUT2D eigenvalue weighted by Gasteiger charge is 2.41. The van der Waals surface area contributed by atoms with Gasteiger partial charge in [0.15, 0.2) is 0 Å². The van der Waals surface area contributed by atoms with Crippen LogP contribution in [0.15, 0.2) is 18.3 Å². The number of likely N-dealkylation sites (tertiary alicyclic amines) is 1. The zero-order chi connectivity index (χ0) is 18.7. The van der Waals surface area contributed by atoms with Crippen LogP contribution in [-0.4, -0.2) is 40.3 Å². The number of nitrogens with one attached hydrogen (secondary N) is 1. The quantitative estimate of drug-likeness (QED) is 0.734. The van der Waals surface area contributed by atoms with Crippen molar-refractivity contribution in [3.8, 4) is 0 Å². The molecule has 28 heavy (non-hydrogen) atoms. The molecular formula is C19H29Cl3N4O2. The summed E-state index contributed by atoms with van der Waals surface area (Å²) >= 11 is 5.82. The van der Waals surface area contributed by atoms with E-state index in [4.69, 9.17) is 17.3 Å². The Kier molecular flexibility index (Phi) is 9.47. The van der Waals surface area contributed by atoms with Crippen LogP contribution >= 0.6 is 36.4 Å². The zero-order valence-electron chi connectivity index (χ0n) is 16.0. The third-order valence-corrected chi connectivity index (χ3v) is 5.86. The van der Waals surface area contributed by atoms with Gasteiger partial charge in [-0.25, -0.2) is 4.98 Å². The van der Waals surface area contributed by atoms with Crippen LogP contribution in [0, 0.1) is 11.8 Å². The molecule has 0 bridgehead atoms. The molecule has 2 heterocycles. The summed E-state index contributed by atoms with van der Waals surface area (Å²) in [6.45, 7) is 3.13. The fourth-order valence-electron chi connectivity index (χ4n) is 4.05. The van der Waals surface area contributed by atoms with Gasteiger partial charge in [0.1, 0.15) is 5.82 Å². The standard InChI is InChI=1S/C19H27ClN4O2.2ClH/c1-19(21)9-3-2-6-15(19)18(26)24-10-4-5-13(12-24)17(25)23-16-8-7-14(20)11-22-16;;/h7-8,11,13,15H,2-6,9-10,12,21H2,1H3,(H,22,23,25);2*1H. The predicted molar refractivity (Wildman–Crippen MR) is 116 cm³/mol. The number of piperidine rings is 1. The van der Waals surface area contributed by atoms with Crippen molar-refractivity contribution in [3.63, 3.8) is 0 Å². The molecule has 6 nitrogen and oxygen atoms in total. The van der Waals surface area contributed by atoms with Crippen LogP contribution in [0.5, 0.6) is 0 Å². The van der Waals surface area contributed by atoms with Gasteiger partial charge in [0, 0.05) is 24.8 Å². The van der Waals surface area contributed by atoms with Crippen LogP contribution < -0.4 is 11.1 Å². The number of hydrogen-bond donors (Lipinski definition) is 2. The minimum atomic E-state index is -0.447. The number of carbonyl (C=O) groups is 2. The van der Waals surface area contributed by atoms with E-state index in [2.05, 4.69) is 10.3 Å². The van der Waals surface area contributed by atoms with Gasteiger partial charge in [-0.2, -0.15) is 0 Å². The van der Waals surface area contributed by atoms with Gasteiger partial charge in [-0.05, 0) is 44.7 Å². The molecule has 2 fully saturated rings. The van der Waals surface area contributed by atoms with E-state index < -0.39 is 5.54 Å². The predicted octanol–water partition coefficient (Wildman–Crippen LogP) is 3.66. The van der Waals surface area contributed by atoms with E-state index in [1.54, 1.807) is 12.1 Å². The molecule has 0 spiro atoms. The third-order valence-electron chi connectivity index (χ3n) is 5.63. The van der Waals surface area contributed by atoms with Crippen LogP contribution in [0.25, 0.3) is 0 Å². The van der Waals surface area contributed by atoms with Crippen LogP contribution in [0.1, 0.15) is 45.4 Å². The first kappa shape index (κ1) is 25.0. The largest absolute Gasteiger partial charge is 0.342 e. The normalized spacial score (nSPS) is 27.2. The second-order valence-electron chi connectivity index (χ2n) is 7.78. The molecule has 1 aliphatic carbocycles. The summed E-state index contributed by atoms with van der Waals surface area (Å²) in [6.07, 6.45) is 6.94. The Labute approximate surface area is 183 Å². The smallest absolute Gasteiger partial charge is 0.230 e. The number of anilines is 1. The first-order valence-electron chi connectivity index (χ1n) is 9.37. The van der Waals surface area contributed by atoms with Gasteiger partial charge < -0.3 is 16.0 Å². The molecule has 2 aliphatic rings. The molecule has 1 aromatic rings. The second-order valence-corrected chi connectivity index (χ2v) is 8.21. The minimum absolute atomic E-state index is 0. The van der Waals surface area contributed by atoms with Gasteiger partial charge in [0.25, 0.3) is 0 Å². The van der Waals surface area contributed by atoms with Crippen LogP contribution in [0.3, 0.4) is 0 Å². The Morgan fingerprint density at radius 2 is 2.00 bits per heavy atom. The van der Waals surface area contributed by atoms with E-state index in [1.165, 1.54) is 6.20 Å². The fourth-order valence-corrected chi connectivity index (χ4v) is 4.17. The van der Waals surface area contributed by atoms with Crippen molar-refractivity contribution in [2.45, 2.75) is 51.0 Å². The number of rotatable bonds is 3. The molecule has 2 amide bonds. The van der Waals surface area contributed by atoms with E-state index in [9.17, 15) is 9.59 Å². The van der Waals surface area contributed by atoms with Crippen molar-refractivity contribution in [3.05, 3.63) is 23.4 Å². The number of nitrogens with zero attached hydrogens (tertiary/aromatic N) is 2. The number of amides is 2. The number of carbonyl (C=O) groups excluding carboxylic acids is 2. The van der Waals surface area contributed by atoms with Gasteiger partial charge >= 0.3 is 0 Å². The zero-order valence-corrected chi connectivity index (χ0v) is 18.4. The van der Waals surface area contributed by atoms with Gasteiger partial charge in [0.2, 0.25) is 11.8 Å². The maximum atomic E-state index is 13.0. The highest BCUT2D eigenvalue weighted by atomic mass is 35.5. The van der Waals surface area contributed by atoms with Crippen molar-refractivity contribution in [1.82, 2.24) is 9.88 Å². The Morgan fingerprint density at radius 3 is 2.64 bits per heavy atom. The summed E-state index contributed by atoms with van der Waals surface area (Å²) in [4.78, 5) is 31.5. The molecule has 3 N–H and O–H groups in total. The van der Waals surface area contributed by atoms with Gasteiger partial charge in [-0.1, -0.05) is 24.4 Å². The average molecular weight is 452 g/mol. The molecule has 0 radical (unpaired) electrons. The third kappa shape index (κ3) is 5.96. The number of aromatic nitrogens is 1. The molecule has 1 saturated carbocycles.